The summed E-state index contributed by atoms with van der Waals surface area (Å²) in [6.45, 7) is 0. The number of amides is 2. The first-order valence-electron chi connectivity index (χ1n) is 4.90. The van der Waals surface area contributed by atoms with Crippen molar-refractivity contribution in [1.29, 1.82) is 0 Å². The molecule has 0 fully saturated rings. The first-order chi connectivity index (χ1) is 8.16. The molecule has 1 aromatic carbocycles. The zero-order chi connectivity index (χ0) is 12.3. The number of carbonyl (C=O) groups is 2. The van der Waals surface area contributed by atoms with Crippen LogP contribution in [0.3, 0.4) is 0 Å². The summed E-state index contributed by atoms with van der Waals surface area (Å²) >= 11 is 1.51. The van der Waals surface area contributed by atoms with Gasteiger partial charge in [-0.25, -0.2) is 0 Å². The summed E-state index contributed by atoms with van der Waals surface area (Å²) in [6.07, 6.45) is 0. The van der Waals surface area contributed by atoms with Gasteiger partial charge in [-0.1, -0.05) is 0 Å². The molecule has 0 spiro atoms. The Labute approximate surface area is 102 Å². The van der Waals surface area contributed by atoms with Crippen LogP contribution in [0.25, 0.3) is 0 Å². The van der Waals surface area contributed by atoms with Gasteiger partial charge in [0.2, 0.25) is 5.91 Å². The number of carbonyl (C=O) groups excluding carboxylic acids is 2. The van der Waals surface area contributed by atoms with Crippen molar-refractivity contribution in [2.45, 2.75) is 0 Å². The Hall–Kier alpha value is -2.14. The van der Waals surface area contributed by atoms with E-state index in [0.717, 1.165) is 5.69 Å². The van der Waals surface area contributed by atoms with Gasteiger partial charge in [0.15, 0.2) is 0 Å². The molecule has 0 bridgehead atoms. The van der Waals surface area contributed by atoms with Crippen LogP contribution in [0.15, 0.2) is 41.1 Å². The van der Waals surface area contributed by atoms with Crippen molar-refractivity contribution < 1.29 is 9.59 Å². The highest BCUT2D eigenvalue weighted by atomic mass is 32.1. The van der Waals surface area contributed by atoms with Gasteiger partial charge in [0.1, 0.15) is 0 Å². The van der Waals surface area contributed by atoms with Crippen molar-refractivity contribution in [3.05, 3.63) is 52.2 Å². The van der Waals surface area contributed by atoms with Crippen LogP contribution in [0.5, 0.6) is 0 Å². The summed E-state index contributed by atoms with van der Waals surface area (Å²) in [5.41, 5.74) is 6.75. The summed E-state index contributed by atoms with van der Waals surface area (Å²) in [5, 5.41) is 6.47. The largest absolute Gasteiger partial charge is 0.366 e. The van der Waals surface area contributed by atoms with Crippen molar-refractivity contribution in [1.82, 2.24) is 0 Å². The Morgan fingerprint density at radius 2 is 1.71 bits per heavy atom. The fourth-order valence-electron chi connectivity index (χ4n) is 1.32. The predicted octanol–water partition coefficient (Wildman–Crippen LogP) is 2.10. The molecule has 5 heteroatoms. The Bertz CT molecular complexity index is 532. The molecule has 2 aromatic rings. The molecule has 4 nitrogen and oxygen atoms in total. The number of benzene rings is 1. The standard InChI is InChI=1S/C12H10N2O2S/c13-11(15)8-1-3-9(4-2-8)12(16)14-10-5-6-17-7-10/h1-7H,(H2,13,15)(H,14,16). The summed E-state index contributed by atoms with van der Waals surface area (Å²) in [4.78, 5) is 22.6. The van der Waals surface area contributed by atoms with Gasteiger partial charge in [0.25, 0.3) is 5.91 Å². The maximum Gasteiger partial charge on any atom is 0.255 e. The molecule has 86 valence electrons. The van der Waals surface area contributed by atoms with Gasteiger partial charge in [-0.2, -0.15) is 11.3 Å². The number of anilines is 1. The van der Waals surface area contributed by atoms with Crippen LogP contribution in [0.4, 0.5) is 5.69 Å². The highest BCUT2D eigenvalue weighted by Crippen LogP contribution is 2.13. The predicted molar refractivity (Wildman–Crippen MR) is 67.2 cm³/mol. The fraction of sp³-hybridized carbons (Fsp3) is 0. The molecule has 0 saturated carbocycles. The van der Waals surface area contributed by atoms with E-state index in [1.54, 1.807) is 12.1 Å². The number of nitrogens with one attached hydrogen (secondary N) is 1. The Balaban J connectivity index is 2.12. The van der Waals surface area contributed by atoms with E-state index in [-0.39, 0.29) is 5.91 Å². The first-order valence-corrected chi connectivity index (χ1v) is 5.84. The van der Waals surface area contributed by atoms with Crippen molar-refractivity contribution in [2.24, 2.45) is 5.73 Å². The third kappa shape index (κ3) is 2.70. The average Bonchev–Trinajstić information content (AvgIpc) is 2.82. The van der Waals surface area contributed by atoms with Crippen LogP contribution in [0, 0.1) is 0 Å². The fourth-order valence-corrected chi connectivity index (χ4v) is 1.91. The first kappa shape index (κ1) is 11.3. The number of thiophene rings is 1. The summed E-state index contributed by atoms with van der Waals surface area (Å²) in [7, 11) is 0. The van der Waals surface area contributed by atoms with E-state index in [9.17, 15) is 9.59 Å². The van der Waals surface area contributed by atoms with Crippen molar-refractivity contribution in [2.75, 3.05) is 5.32 Å². The maximum atomic E-state index is 11.8. The molecule has 17 heavy (non-hydrogen) atoms. The van der Waals surface area contributed by atoms with Crippen LogP contribution in [0.1, 0.15) is 20.7 Å². The minimum absolute atomic E-state index is 0.209. The molecule has 3 N–H and O–H groups in total. The Morgan fingerprint density at radius 3 is 2.24 bits per heavy atom. The van der Waals surface area contributed by atoms with Gasteiger partial charge in [-0.15, -0.1) is 0 Å². The molecule has 0 radical (unpaired) electrons. The van der Waals surface area contributed by atoms with Gasteiger partial charge in [-0.3, -0.25) is 9.59 Å². The maximum absolute atomic E-state index is 11.8. The second kappa shape index (κ2) is 4.80. The van der Waals surface area contributed by atoms with E-state index in [0.29, 0.717) is 11.1 Å². The smallest absolute Gasteiger partial charge is 0.255 e. The van der Waals surface area contributed by atoms with Crippen LogP contribution in [-0.4, -0.2) is 11.8 Å². The lowest BCUT2D eigenvalue weighted by Gasteiger charge is -2.03. The van der Waals surface area contributed by atoms with Crippen LogP contribution >= 0.6 is 11.3 Å². The Kier molecular flexibility index (Phi) is 3.20. The number of primary amides is 1. The number of hydrogen-bond acceptors (Lipinski definition) is 3. The lowest BCUT2D eigenvalue weighted by Crippen LogP contribution is -2.13. The molecule has 0 atom stereocenters. The number of hydrogen-bond donors (Lipinski definition) is 2. The van der Waals surface area contributed by atoms with Gasteiger partial charge in [-0.05, 0) is 35.7 Å². The number of rotatable bonds is 3. The minimum Gasteiger partial charge on any atom is -0.366 e. The van der Waals surface area contributed by atoms with E-state index in [1.165, 1.54) is 23.5 Å². The normalized spacial score (nSPS) is 9.88. The quantitative estimate of drug-likeness (QED) is 0.870. The molecule has 1 aromatic heterocycles. The van der Waals surface area contributed by atoms with Gasteiger partial charge < -0.3 is 11.1 Å². The molecule has 0 saturated heterocycles. The monoisotopic (exact) mass is 246 g/mol. The zero-order valence-corrected chi connectivity index (χ0v) is 9.66. The van der Waals surface area contributed by atoms with Gasteiger partial charge in [0.05, 0.1) is 5.69 Å². The summed E-state index contributed by atoms with van der Waals surface area (Å²) < 4.78 is 0. The molecule has 2 amide bonds. The third-order valence-corrected chi connectivity index (χ3v) is 2.89. The summed E-state index contributed by atoms with van der Waals surface area (Å²) in [6, 6.07) is 8.03. The highest BCUT2D eigenvalue weighted by Gasteiger charge is 2.07. The molecule has 1 heterocycles. The van der Waals surface area contributed by atoms with E-state index in [1.807, 2.05) is 16.8 Å². The highest BCUT2D eigenvalue weighted by molar-refractivity contribution is 7.08. The number of nitrogens with two attached hydrogens (primary N) is 1. The molecular formula is C12H10N2O2S. The zero-order valence-electron chi connectivity index (χ0n) is 8.84. The van der Waals surface area contributed by atoms with Crippen molar-refractivity contribution in [3.63, 3.8) is 0 Å². The van der Waals surface area contributed by atoms with Crippen molar-refractivity contribution >= 4 is 28.8 Å². The van der Waals surface area contributed by atoms with E-state index in [4.69, 9.17) is 5.73 Å². The van der Waals surface area contributed by atoms with Crippen LogP contribution in [0.2, 0.25) is 0 Å². The minimum atomic E-state index is -0.505. The lowest BCUT2D eigenvalue weighted by molar-refractivity contribution is 0.0995. The molecular weight excluding hydrogens is 236 g/mol. The second-order valence-electron chi connectivity index (χ2n) is 3.41. The average molecular weight is 246 g/mol. The van der Waals surface area contributed by atoms with E-state index >= 15 is 0 Å². The second-order valence-corrected chi connectivity index (χ2v) is 4.19. The molecule has 0 aliphatic carbocycles. The SMILES string of the molecule is NC(=O)c1ccc(C(=O)Nc2ccsc2)cc1. The Morgan fingerprint density at radius 1 is 1.06 bits per heavy atom. The third-order valence-electron chi connectivity index (χ3n) is 2.21. The van der Waals surface area contributed by atoms with E-state index < -0.39 is 5.91 Å². The van der Waals surface area contributed by atoms with Crippen molar-refractivity contribution in [3.8, 4) is 0 Å². The molecule has 0 aliphatic heterocycles. The molecule has 2 rings (SSSR count). The molecule has 0 unspecified atom stereocenters. The van der Waals surface area contributed by atoms with Gasteiger partial charge >= 0.3 is 0 Å². The lowest BCUT2D eigenvalue weighted by atomic mass is 10.1. The molecule has 0 aliphatic rings. The van der Waals surface area contributed by atoms with Gasteiger partial charge in [0, 0.05) is 16.5 Å². The van der Waals surface area contributed by atoms with Crippen LogP contribution in [-0.2, 0) is 0 Å². The topological polar surface area (TPSA) is 72.2 Å². The van der Waals surface area contributed by atoms with E-state index in [2.05, 4.69) is 5.32 Å². The van der Waals surface area contributed by atoms with Crippen LogP contribution < -0.4 is 11.1 Å². The summed E-state index contributed by atoms with van der Waals surface area (Å²) in [5.74, 6) is -0.714.